The molecule has 2 atom stereocenters. The molecule has 1 saturated heterocycles. The van der Waals surface area contributed by atoms with E-state index in [0.717, 1.165) is 16.7 Å². The predicted molar refractivity (Wildman–Crippen MR) is 126 cm³/mol. The zero-order chi connectivity index (χ0) is 23.0. The molecular weight excluding hydrogens is 418 g/mol. The topological polar surface area (TPSA) is 96.9 Å². The maximum Gasteiger partial charge on any atom is 0.258 e. The SMILES string of the molecule is COc1cc(C2CC(C(=O)N/N=C/c3cccnc3)NN2)ccc1OCc1ccc(C)cc1. The number of amides is 1. The maximum absolute atomic E-state index is 12.4. The lowest BCUT2D eigenvalue weighted by Crippen LogP contribution is -2.41. The molecule has 1 aromatic heterocycles. The van der Waals surface area contributed by atoms with Gasteiger partial charge < -0.3 is 9.47 Å². The van der Waals surface area contributed by atoms with Crippen LogP contribution >= 0.6 is 0 Å². The van der Waals surface area contributed by atoms with Gasteiger partial charge in [-0.1, -0.05) is 42.0 Å². The Balaban J connectivity index is 1.33. The molecule has 0 aliphatic carbocycles. The summed E-state index contributed by atoms with van der Waals surface area (Å²) >= 11 is 0. The van der Waals surface area contributed by atoms with Gasteiger partial charge in [0.15, 0.2) is 11.5 Å². The van der Waals surface area contributed by atoms with Gasteiger partial charge in [-0.2, -0.15) is 5.10 Å². The number of hydrazone groups is 1. The molecule has 2 heterocycles. The normalized spacial score (nSPS) is 17.8. The lowest BCUT2D eigenvalue weighted by Gasteiger charge is -2.15. The van der Waals surface area contributed by atoms with Crippen molar-refractivity contribution >= 4 is 12.1 Å². The summed E-state index contributed by atoms with van der Waals surface area (Å²) in [5.41, 5.74) is 12.9. The number of ether oxygens (including phenoxy) is 2. The molecule has 3 N–H and O–H groups in total. The molecule has 0 radical (unpaired) electrons. The Hall–Kier alpha value is -3.75. The fourth-order valence-corrected chi connectivity index (χ4v) is 3.51. The van der Waals surface area contributed by atoms with Gasteiger partial charge >= 0.3 is 0 Å². The lowest BCUT2D eigenvalue weighted by atomic mass is 10.0. The average molecular weight is 446 g/mol. The van der Waals surface area contributed by atoms with Crippen LogP contribution in [0.3, 0.4) is 0 Å². The first-order chi connectivity index (χ1) is 16.1. The second-order valence-electron chi connectivity index (χ2n) is 7.83. The summed E-state index contributed by atoms with van der Waals surface area (Å²) in [6.45, 7) is 2.52. The van der Waals surface area contributed by atoms with Gasteiger partial charge in [-0.15, -0.1) is 0 Å². The summed E-state index contributed by atoms with van der Waals surface area (Å²) in [4.78, 5) is 16.5. The number of hydrogen-bond donors (Lipinski definition) is 3. The molecule has 4 rings (SSSR count). The second kappa shape index (κ2) is 10.7. The smallest absolute Gasteiger partial charge is 0.258 e. The molecule has 1 aliphatic heterocycles. The fourth-order valence-electron chi connectivity index (χ4n) is 3.51. The summed E-state index contributed by atoms with van der Waals surface area (Å²) < 4.78 is 11.5. The first-order valence-electron chi connectivity index (χ1n) is 10.7. The molecule has 1 aliphatic rings. The first-order valence-corrected chi connectivity index (χ1v) is 10.7. The minimum atomic E-state index is -0.412. The highest BCUT2D eigenvalue weighted by molar-refractivity contribution is 5.84. The highest BCUT2D eigenvalue weighted by atomic mass is 16.5. The minimum Gasteiger partial charge on any atom is -0.493 e. The zero-order valence-electron chi connectivity index (χ0n) is 18.6. The highest BCUT2D eigenvalue weighted by Crippen LogP contribution is 2.33. The van der Waals surface area contributed by atoms with Crippen molar-refractivity contribution in [1.29, 1.82) is 0 Å². The Bertz CT molecular complexity index is 1100. The van der Waals surface area contributed by atoms with Crippen molar-refractivity contribution < 1.29 is 14.3 Å². The number of rotatable bonds is 8. The Morgan fingerprint density at radius 2 is 2.03 bits per heavy atom. The van der Waals surface area contributed by atoms with Gasteiger partial charge in [0.1, 0.15) is 12.6 Å². The van der Waals surface area contributed by atoms with Crippen LogP contribution in [0.5, 0.6) is 11.5 Å². The minimum absolute atomic E-state index is 0.0527. The van der Waals surface area contributed by atoms with Gasteiger partial charge in [-0.05, 0) is 42.7 Å². The van der Waals surface area contributed by atoms with Crippen molar-refractivity contribution in [3.63, 3.8) is 0 Å². The highest BCUT2D eigenvalue weighted by Gasteiger charge is 2.30. The molecule has 0 spiro atoms. The zero-order valence-corrected chi connectivity index (χ0v) is 18.6. The number of carbonyl (C=O) groups is 1. The maximum atomic E-state index is 12.4. The van der Waals surface area contributed by atoms with Crippen LogP contribution in [-0.2, 0) is 11.4 Å². The number of pyridine rings is 1. The van der Waals surface area contributed by atoms with E-state index < -0.39 is 6.04 Å². The molecule has 2 aromatic carbocycles. The van der Waals surface area contributed by atoms with E-state index in [4.69, 9.17) is 9.47 Å². The Kier molecular flexibility index (Phi) is 7.29. The molecule has 3 aromatic rings. The van der Waals surface area contributed by atoms with Gasteiger partial charge in [0.2, 0.25) is 0 Å². The van der Waals surface area contributed by atoms with Gasteiger partial charge in [0.05, 0.1) is 13.3 Å². The van der Waals surface area contributed by atoms with E-state index in [0.29, 0.717) is 24.5 Å². The van der Waals surface area contributed by atoms with Gasteiger partial charge in [0, 0.05) is 24.0 Å². The molecular formula is C25H27N5O3. The molecule has 8 nitrogen and oxygen atoms in total. The van der Waals surface area contributed by atoms with Gasteiger partial charge in [-0.3, -0.25) is 9.78 Å². The van der Waals surface area contributed by atoms with E-state index in [1.165, 1.54) is 5.56 Å². The van der Waals surface area contributed by atoms with Crippen LogP contribution in [0.1, 0.15) is 34.7 Å². The molecule has 2 unspecified atom stereocenters. The monoisotopic (exact) mass is 445 g/mol. The third-order valence-corrected chi connectivity index (χ3v) is 5.40. The molecule has 33 heavy (non-hydrogen) atoms. The Morgan fingerprint density at radius 3 is 2.79 bits per heavy atom. The largest absolute Gasteiger partial charge is 0.493 e. The quantitative estimate of drug-likeness (QED) is 0.364. The molecule has 1 amide bonds. The third-order valence-electron chi connectivity index (χ3n) is 5.40. The van der Waals surface area contributed by atoms with Crippen LogP contribution in [-0.4, -0.2) is 30.3 Å². The fraction of sp³-hybridized carbons (Fsp3) is 0.240. The summed E-state index contributed by atoms with van der Waals surface area (Å²) in [6.07, 6.45) is 5.48. The third kappa shape index (κ3) is 5.94. The number of aryl methyl sites for hydroxylation is 1. The van der Waals surface area contributed by atoms with Crippen molar-refractivity contribution in [1.82, 2.24) is 21.3 Å². The Morgan fingerprint density at radius 1 is 1.18 bits per heavy atom. The van der Waals surface area contributed by atoms with Crippen LogP contribution in [0.25, 0.3) is 0 Å². The van der Waals surface area contributed by atoms with E-state index >= 15 is 0 Å². The number of hydrogen-bond acceptors (Lipinski definition) is 7. The van der Waals surface area contributed by atoms with Crippen molar-refractivity contribution in [3.05, 3.63) is 89.2 Å². The number of nitrogens with one attached hydrogen (secondary N) is 3. The van der Waals surface area contributed by atoms with Crippen molar-refractivity contribution in [2.24, 2.45) is 5.10 Å². The number of hydrazine groups is 1. The predicted octanol–water partition coefficient (Wildman–Crippen LogP) is 3.04. The molecule has 8 heteroatoms. The van der Waals surface area contributed by atoms with Crippen LogP contribution in [0.4, 0.5) is 0 Å². The number of aromatic nitrogens is 1. The summed E-state index contributed by atoms with van der Waals surface area (Å²) in [5.74, 6) is 1.11. The lowest BCUT2D eigenvalue weighted by molar-refractivity contribution is -0.122. The summed E-state index contributed by atoms with van der Waals surface area (Å²) in [7, 11) is 1.62. The van der Waals surface area contributed by atoms with E-state index in [1.807, 2.05) is 30.3 Å². The molecule has 0 saturated carbocycles. The molecule has 0 bridgehead atoms. The summed E-state index contributed by atoms with van der Waals surface area (Å²) in [6, 6.07) is 17.2. The van der Waals surface area contributed by atoms with Crippen LogP contribution in [0.2, 0.25) is 0 Å². The van der Waals surface area contributed by atoms with Crippen LogP contribution < -0.4 is 25.8 Å². The average Bonchev–Trinajstić information content (AvgIpc) is 3.35. The van der Waals surface area contributed by atoms with Crippen molar-refractivity contribution in [3.8, 4) is 11.5 Å². The van der Waals surface area contributed by atoms with E-state index in [1.54, 1.807) is 25.7 Å². The Labute approximate surface area is 193 Å². The number of methoxy groups -OCH3 is 1. The summed E-state index contributed by atoms with van der Waals surface area (Å²) in [5, 5.41) is 4.00. The van der Waals surface area contributed by atoms with Crippen molar-refractivity contribution in [2.45, 2.75) is 32.0 Å². The van der Waals surface area contributed by atoms with E-state index in [-0.39, 0.29) is 11.9 Å². The van der Waals surface area contributed by atoms with Gasteiger partial charge in [-0.25, -0.2) is 16.3 Å². The van der Waals surface area contributed by atoms with Crippen LogP contribution in [0, 0.1) is 6.92 Å². The number of benzene rings is 2. The van der Waals surface area contributed by atoms with E-state index in [9.17, 15) is 4.79 Å². The van der Waals surface area contributed by atoms with Crippen LogP contribution in [0.15, 0.2) is 72.1 Å². The standard InChI is InChI=1S/C25H27N5O3/c1-17-5-7-18(8-6-17)16-33-23-10-9-20(12-24(23)32-2)21-13-22(29-28-21)25(31)30-27-15-19-4-3-11-26-14-19/h3-12,14-15,21-22,28-29H,13,16H2,1-2H3,(H,30,31)/b27-15+. The van der Waals surface area contributed by atoms with Gasteiger partial charge in [0.25, 0.3) is 5.91 Å². The number of carbonyl (C=O) groups excluding carboxylic acids is 1. The number of nitrogens with zero attached hydrogens (tertiary/aromatic N) is 2. The molecule has 170 valence electrons. The second-order valence-corrected chi connectivity index (χ2v) is 7.83. The first kappa shape index (κ1) is 22.4. The molecule has 1 fully saturated rings. The van der Waals surface area contributed by atoms with Crippen molar-refractivity contribution in [2.75, 3.05) is 7.11 Å². The van der Waals surface area contributed by atoms with E-state index in [2.05, 4.69) is 57.6 Å².